The highest BCUT2D eigenvalue weighted by Gasteiger charge is 2.26. The second-order valence-electron chi connectivity index (χ2n) is 7.19. The number of aromatic nitrogens is 5. The first-order valence-corrected chi connectivity index (χ1v) is 10.0. The lowest BCUT2D eigenvalue weighted by Gasteiger charge is -2.19. The monoisotopic (exact) mass is 392 g/mol. The Balaban J connectivity index is 1.73. The second-order valence-corrected chi connectivity index (χ2v) is 7.19. The molecule has 0 radical (unpaired) electrons. The van der Waals surface area contributed by atoms with E-state index in [9.17, 15) is 9.59 Å². The van der Waals surface area contributed by atoms with E-state index in [1.165, 1.54) is 0 Å². The third kappa shape index (κ3) is 3.96. The molecule has 29 heavy (non-hydrogen) atoms. The quantitative estimate of drug-likeness (QED) is 0.736. The molecule has 0 bridgehead atoms. The topological polar surface area (TPSA) is 96.8 Å². The Morgan fingerprint density at radius 2 is 2.14 bits per heavy atom. The smallest absolute Gasteiger partial charge is 0.259 e. The lowest BCUT2D eigenvalue weighted by molar-refractivity contribution is -0.130. The number of rotatable bonds is 4. The van der Waals surface area contributed by atoms with Crippen molar-refractivity contribution < 1.29 is 4.79 Å². The van der Waals surface area contributed by atoms with Crippen LogP contribution in [0.2, 0.25) is 0 Å². The van der Waals surface area contributed by atoms with Crippen LogP contribution in [0.1, 0.15) is 44.3 Å². The lowest BCUT2D eigenvalue weighted by atomic mass is 10.00. The van der Waals surface area contributed by atoms with E-state index in [1.807, 2.05) is 24.0 Å². The first-order valence-electron chi connectivity index (χ1n) is 10.0. The second kappa shape index (κ2) is 8.38. The molecule has 1 atom stereocenters. The van der Waals surface area contributed by atoms with Crippen molar-refractivity contribution >= 4 is 5.91 Å². The van der Waals surface area contributed by atoms with Gasteiger partial charge in [0.05, 0.1) is 17.4 Å². The van der Waals surface area contributed by atoms with Crippen LogP contribution in [0.5, 0.6) is 0 Å². The predicted octanol–water partition coefficient (Wildman–Crippen LogP) is 2.52. The third-order valence-corrected chi connectivity index (χ3v) is 5.33. The maximum atomic E-state index is 12.3. The molecule has 1 saturated heterocycles. The van der Waals surface area contributed by atoms with Crippen molar-refractivity contribution in [3.05, 3.63) is 59.0 Å². The Morgan fingerprint density at radius 3 is 2.90 bits per heavy atom. The number of likely N-dealkylation sites (tertiary alicyclic amines) is 1. The first kappa shape index (κ1) is 19.0. The van der Waals surface area contributed by atoms with Crippen LogP contribution < -0.4 is 5.56 Å². The van der Waals surface area contributed by atoms with Crippen molar-refractivity contribution in [3.8, 4) is 17.1 Å². The Bertz CT molecular complexity index is 1040. The van der Waals surface area contributed by atoms with Gasteiger partial charge in [-0.25, -0.2) is 9.67 Å². The number of H-pyrrole nitrogens is 1. The minimum absolute atomic E-state index is 0.147. The number of nitrogens with one attached hydrogen (secondary N) is 1. The van der Waals surface area contributed by atoms with E-state index in [4.69, 9.17) is 4.98 Å². The van der Waals surface area contributed by atoms with Crippen LogP contribution in [0.3, 0.4) is 0 Å². The van der Waals surface area contributed by atoms with Gasteiger partial charge in [-0.1, -0.05) is 6.92 Å². The summed E-state index contributed by atoms with van der Waals surface area (Å²) >= 11 is 0. The summed E-state index contributed by atoms with van der Waals surface area (Å²) in [5, 5.41) is 4.65. The third-order valence-electron chi connectivity index (χ3n) is 5.33. The standard InChI is InChI=1S/C21H24N6O2/c1-2-18(28)26-12-5-6-15(9-13-26)20-24-19(17-8-4-11-23-21(17)29)25-27(20)16-7-3-10-22-14-16/h3-4,7-8,10-11,14-15H,2,5-6,9,12-13H2,1H3,(H,23,29). The number of aromatic amines is 1. The van der Waals surface area contributed by atoms with E-state index in [1.54, 1.807) is 35.4 Å². The van der Waals surface area contributed by atoms with Gasteiger partial charge in [0.2, 0.25) is 5.91 Å². The van der Waals surface area contributed by atoms with Crippen LogP contribution >= 0.6 is 0 Å². The molecule has 3 aromatic heterocycles. The van der Waals surface area contributed by atoms with Gasteiger partial charge < -0.3 is 9.88 Å². The average Bonchev–Trinajstić information content (AvgIpc) is 3.05. The molecule has 0 aliphatic carbocycles. The van der Waals surface area contributed by atoms with Crippen molar-refractivity contribution in [2.45, 2.75) is 38.5 Å². The van der Waals surface area contributed by atoms with Crippen LogP contribution in [0.15, 0.2) is 47.7 Å². The Labute approximate surface area is 168 Å². The van der Waals surface area contributed by atoms with Gasteiger partial charge in [-0.05, 0) is 43.5 Å². The summed E-state index contributed by atoms with van der Waals surface area (Å²) in [6.07, 6.45) is 8.21. The van der Waals surface area contributed by atoms with Gasteiger partial charge in [-0.15, -0.1) is 5.10 Å². The van der Waals surface area contributed by atoms with E-state index in [0.29, 0.717) is 24.4 Å². The summed E-state index contributed by atoms with van der Waals surface area (Å²) in [5.74, 6) is 1.54. The summed E-state index contributed by atoms with van der Waals surface area (Å²) in [6.45, 7) is 3.38. The molecule has 1 fully saturated rings. The predicted molar refractivity (Wildman–Crippen MR) is 109 cm³/mol. The Morgan fingerprint density at radius 1 is 1.24 bits per heavy atom. The number of pyridine rings is 2. The summed E-state index contributed by atoms with van der Waals surface area (Å²) < 4.78 is 1.79. The number of carbonyl (C=O) groups is 1. The Kier molecular flexibility index (Phi) is 5.50. The van der Waals surface area contributed by atoms with E-state index in [2.05, 4.69) is 15.1 Å². The molecule has 0 saturated carbocycles. The van der Waals surface area contributed by atoms with Gasteiger partial charge in [-0.3, -0.25) is 14.6 Å². The zero-order chi connectivity index (χ0) is 20.2. The largest absolute Gasteiger partial charge is 0.343 e. The van der Waals surface area contributed by atoms with Crippen LogP contribution in [0, 0.1) is 0 Å². The van der Waals surface area contributed by atoms with Gasteiger partial charge in [-0.2, -0.15) is 0 Å². The van der Waals surface area contributed by atoms with Gasteiger partial charge in [0.25, 0.3) is 5.56 Å². The van der Waals surface area contributed by atoms with Crippen molar-refractivity contribution in [3.63, 3.8) is 0 Å². The fourth-order valence-electron chi connectivity index (χ4n) is 3.80. The lowest BCUT2D eigenvalue weighted by Crippen LogP contribution is -2.31. The fourth-order valence-corrected chi connectivity index (χ4v) is 3.80. The van der Waals surface area contributed by atoms with Crippen molar-refractivity contribution in [2.75, 3.05) is 13.1 Å². The van der Waals surface area contributed by atoms with Crippen molar-refractivity contribution in [2.24, 2.45) is 0 Å². The minimum atomic E-state index is -0.219. The summed E-state index contributed by atoms with van der Waals surface area (Å²) in [6, 6.07) is 7.26. The number of amides is 1. The van der Waals surface area contributed by atoms with E-state index in [-0.39, 0.29) is 17.4 Å². The van der Waals surface area contributed by atoms with Crippen LogP contribution in [-0.4, -0.2) is 48.6 Å². The molecule has 4 rings (SSSR count). The highest BCUT2D eigenvalue weighted by molar-refractivity contribution is 5.75. The van der Waals surface area contributed by atoms with Crippen molar-refractivity contribution in [1.29, 1.82) is 0 Å². The first-order chi connectivity index (χ1) is 14.2. The van der Waals surface area contributed by atoms with Crippen LogP contribution in [-0.2, 0) is 4.79 Å². The molecule has 0 aromatic carbocycles. The fraction of sp³-hybridized carbons (Fsp3) is 0.381. The molecule has 1 amide bonds. The number of hydrogen-bond acceptors (Lipinski definition) is 5. The SMILES string of the molecule is CCC(=O)N1CCCC(c2nc(-c3ccc[nH]c3=O)nn2-c2cccnc2)CC1. The van der Waals surface area contributed by atoms with Gasteiger partial charge in [0.15, 0.2) is 5.82 Å². The molecule has 150 valence electrons. The van der Waals surface area contributed by atoms with Gasteiger partial charge in [0.1, 0.15) is 5.82 Å². The average molecular weight is 392 g/mol. The molecule has 0 spiro atoms. The molecule has 1 aliphatic heterocycles. The van der Waals surface area contributed by atoms with E-state index >= 15 is 0 Å². The molecule has 8 heteroatoms. The molecule has 4 heterocycles. The zero-order valence-corrected chi connectivity index (χ0v) is 16.4. The van der Waals surface area contributed by atoms with Crippen LogP contribution in [0.4, 0.5) is 0 Å². The molecule has 8 nitrogen and oxygen atoms in total. The van der Waals surface area contributed by atoms with Crippen molar-refractivity contribution in [1.82, 2.24) is 29.6 Å². The molecular weight excluding hydrogens is 368 g/mol. The minimum Gasteiger partial charge on any atom is -0.343 e. The maximum Gasteiger partial charge on any atom is 0.259 e. The molecule has 1 unspecified atom stereocenters. The highest BCUT2D eigenvalue weighted by atomic mass is 16.2. The molecule has 1 N–H and O–H groups in total. The maximum absolute atomic E-state index is 12.3. The molecule has 3 aromatic rings. The van der Waals surface area contributed by atoms with E-state index in [0.717, 1.165) is 37.3 Å². The van der Waals surface area contributed by atoms with Gasteiger partial charge >= 0.3 is 0 Å². The highest BCUT2D eigenvalue weighted by Crippen LogP contribution is 2.30. The number of hydrogen-bond donors (Lipinski definition) is 1. The Hall–Kier alpha value is -3.29. The zero-order valence-electron chi connectivity index (χ0n) is 16.4. The summed E-state index contributed by atoms with van der Waals surface area (Å²) in [4.78, 5) is 38.0. The number of carbonyl (C=O) groups excluding carboxylic acids is 1. The molecule has 1 aliphatic rings. The number of nitrogens with zero attached hydrogens (tertiary/aromatic N) is 5. The summed E-state index contributed by atoms with van der Waals surface area (Å²) in [5.41, 5.74) is 1.02. The molecular formula is C21H24N6O2. The normalized spacial score (nSPS) is 17.1. The summed E-state index contributed by atoms with van der Waals surface area (Å²) in [7, 11) is 0. The van der Waals surface area contributed by atoms with Crippen LogP contribution in [0.25, 0.3) is 17.1 Å². The van der Waals surface area contributed by atoms with E-state index < -0.39 is 0 Å². The van der Waals surface area contributed by atoms with Gasteiger partial charge in [0, 0.05) is 37.8 Å².